The molecule has 0 bridgehead atoms. The lowest BCUT2D eigenvalue weighted by Crippen LogP contribution is -2.33. The van der Waals surface area contributed by atoms with Crippen molar-refractivity contribution in [1.82, 2.24) is 5.32 Å². The van der Waals surface area contributed by atoms with Crippen LogP contribution in [0.3, 0.4) is 0 Å². The molecule has 0 heterocycles. The lowest BCUT2D eigenvalue weighted by atomic mass is 10.0. The molecule has 0 saturated carbocycles. The van der Waals surface area contributed by atoms with Crippen LogP contribution in [0.15, 0.2) is 23.2 Å². The predicted octanol–water partition coefficient (Wildman–Crippen LogP) is 3.02. The number of nitrogens with zero attached hydrogens (tertiary/aromatic N) is 1. The van der Waals surface area contributed by atoms with Gasteiger partial charge in [0.1, 0.15) is 0 Å². The maximum absolute atomic E-state index is 5.79. The summed E-state index contributed by atoms with van der Waals surface area (Å²) in [7, 11) is 0. The third-order valence-electron chi connectivity index (χ3n) is 2.83. The maximum Gasteiger partial charge on any atom is 0.188 e. The summed E-state index contributed by atoms with van der Waals surface area (Å²) < 4.78 is 0. The van der Waals surface area contributed by atoms with Gasteiger partial charge in [-0.2, -0.15) is 0 Å². The predicted molar refractivity (Wildman–Crippen MR) is 94.4 cm³/mol. The maximum atomic E-state index is 5.79. The van der Waals surface area contributed by atoms with Gasteiger partial charge in [0.2, 0.25) is 0 Å². The number of guanidine groups is 1. The van der Waals surface area contributed by atoms with Gasteiger partial charge in [-0.05, 0) is 37.3 Å². The topological polar surface area (TPSA) is 50.4 Å². The van der Waals surface area contributed by atoms with Crippen molar-refractivity contribution >= 4 is 29.9 Å². The second-order valence-electron chi connectivity index (χ2n) is 5.23. The highest BCUT2D eigenvalue weighted by Gasteiger charge is 1.99. The molecule has 3 N–H and O–H groups in total. The first-order valence-electron chi connectivity index (χ1n) is 6.59. The largest absolute Gasteiger partial charge is 0.370 e. The number of nitrogens with one attached hydrogen (secondary N) is 1. The Kier molecular flexibility index (Phi) is 8.80. The summed E-state index contributed by atoms with van der Waals surface area (Å²) in [4.78, 5) is 4.27. The Balaban J connectivity index is 0.00000324. The fourth-order valence-electron chi connectivity index (χ4n) is 1.79. The van der Waals surface area contributed by atoms with Crippen LogP contribution in [0.1, 0.15) is 30.5 Å². The smallest absolute Gasteiger partial charge is 0.188 e. The fourth-order valence-corrected chi connectivity index (χ4v) is 1.79. The van der Waals surface area contributed by atoms with E-state index in [1.165, 1.54) is 16.7 Å². The van der Waals surface area contributed by atoms with Gasteiger partial charge in [-0.15, -0.1) is 24.0 Å². The Bertz CT molecular complexity index is 414. The summed E-state index contributed by atoms with van der Waals surface area (Å²) in [5, 5.41) is 3.16. The average Bonchev–Trinajstić information content (AvgIpc) is 2.29. The van der Waals surface area contributed by atoms with Gasteiger partial charge >= 0.3 is 0 Å². The van der Waals surface area contributed by atoms with E-state index in [1.807, 2.05) is 0 Å². The van der Waals surface area contributed by atoms with Crippen molar-refractivity contribution in [3.8, 4) is 0 Å². The van der Waals surface area contributed by atoms with Gasteiger partial charge in [-0.1, -0.05) is 37.6 Å². The van der Waals surface area contributed by atoms with Gasteiger partial charge in [0.05, 0.1) is 0 Å². The van der Waals surface area contributed by atoms with Gasteiger partial charge in [0.25, 0.3) is 0 Å². The zero-order chi connectivity index (χ0) is 13.5. The Hall–Kier alpha value is -0.780. The molecule has 1 aromatic rings. The van der Waals surface area contributed by atoms with E-state index in [0.717, 1.165) is 19.5 Å². The highest BCUT2D eigenvalue weighted by molar-refractivity contribution is 14.0. The molecule has 0 saturated heterocycles. The molecule has 0 aromatic heterocycles. The van der Waals surface area contributed by atoms with Gasteiger partial charge in [-0.3, -0.25) is 4.99 Å². The van der Waals surface area contributed by atoms with E-state index in [0.29, 0.717) is 11.9 Å². The second kappa shape index (κ2) is 9.18. The van der Waals surface area contributed by atoms with Gasteiger partial charge in [0.15, 0.2) is 5.96 Å². The molecule has 4 heteroatoms. The zero-order valence-electron chi connectivity index (χ0n) is 12.4. The van der Waals surface area contributed by atoms with E-state index < -0.39 is 0 Å². The van der Waals surface area contributed by atoms with Gasteiger partial charge in [-0.25, -0.2) is 0 Å². The van der Waals surface area contributed by atoms with E-state index >= 15 is 0 Å². The standard InChI is InChI=1S/C15H25N3.HI/c1-11(2)10-18-15(16)17-8-7-14-6-5-12(3)9-13(14)4;/h5-6,9,11H,7-8,10H2,1-4H3,(H3,16,17,18);1H. The van der Waals surface area contributed by atoms with E-state index in [4.69, 9.17) is 5.73 Å². The first-order valence-corrected chi connectivity index (χ1v) is 6.59. The summed E-state index contributed by atoms with van der Waals surface area (Å²) in [6.07, 6.45) is 0.976. The Morgan fingerprint density at radius 3 is 2.58 bits per heavy atom. The highest BCUT2D eigenvalue weighted by atomic mass is 127. The first-order chi connectivity index (χ1) is 8.49. The van der Waals surface area contributed by atoms with Gasteiger partial charge in [0, 0.05) is 13.1 Å². The molecule has 0 aliphatic rings. The minimum Gasteiger partial charge on any atom is -0.370 e. The summed E-state index contributed by atoms with van der Waals surface area (Å²) in [6.45, 7) is 10.1. The summed E-state index contributed by atoms with van der Waals surface area (Å²) in [5.74, 6) is 1.10. The number of nitrogens with two attached hydrogens (primary N) is 1. The number of hydrogen-bond acceptors (Lipinski definition) is 1. The molecule has 3 nitrogen and oxygen atoms in total. The van der Waals surface area contributed by atoms with Crippen molar-refractivity contribution in [2.45, 2.75) is 34.1 Å². The van der Waals surface area contributed by atoms with Crippen LogP contribution in [-0.4, -0.2) is 19.0 Å². The average molecular weight is 375 g/mol. The molecule has 0 aliphatic carbocycles. The highest BCUT2D eigenvalue weighted by Crippen LogP contribution is 2.10. The number of aliphatic imine (C=N–C) groups is 1. The number of hydrogen-bond donors (Lipinski definition) is 2. The molecule has 0 atom stereocenters. The van der Waals surface area contributed by atoms with Gasteiger partial charge < -0.3 is 11.1 Å². The molecule has 0 fully saturated rings. The Morgan fingerprint density at radius 2 is 2.00 bits per heavy atom. The SMILES string of the molecule is Cc1ccc(CCNC(N)=NCC(C)C)c(C)c1.I. The third kappa shape index (κ3) is 7.40. The molecule has 0 amide bonds. The number of benzene rings is 1. The molecule has 1 aromatic carbocycles. The molecule has 108 valence electrons. The molecule has 0 spiro atoms. The lowest BCUT2D eigenvalue weighted by molar-refractivity contribution is 0.661. The van der Waals surface area contributed by atoms with Crippen LogP contribution in [0, 0.1) is 19.8 Å². The van der Waals surface area contributed by atoms with Crippen LogP contribution in [0.4, 0.5) is 0 Å². The van der Waals surface area contributed by atoms with Crippen LogP contribution in [0.5, 0.6) is 0 Å². The number of aryl methyl sites for hydroxylation is 2. The molecule has 0 aliphatic heterocycles. The van der Waals surface area contributed by atoms with Crippen molar-refractivity contribution in [3.05, 3.63) is 34.9 Å². The minimum absolute atomic E-state index is 0. The Morgan fingerprint density at radius 1 is 1.32 bits per heavy atom. The fraction of sp³-hybridized carbons (Fsp3) is 0.533. The lowest BCUT2D eigenvalue weighted by Gasteiger charge is -2.09. The van der Waals surface area contributed by atoms with Crippen LogP contribution in [0.2, 0.25) is 0 Å². The molecule has 1 rings (SSSR count). The number of halogens is 1. The van der Waals surface area contributed by atoms with Crippen LogP contribution in [-0.2, 0) is 6.42 Å². The molecule has 19 heavy (non-hydrogen) atoms. The second-order valence-corrected chi connectivity index (χ2v) is 5.23. The van der Waals surface area contributed by atoms with Crippen molar-refractivity contribution in [1.29, 1.82) is 0 Å². The van der Waals surface area contributed by atoms with E-state index in [-0.39, 0.29) is 24.0 Å². The summed E-state index contributed by atoms with van der Waals surface area (Å²) >= 11 is 0. The number of rotatable bonds is 5. The normalized spacial score (nSPS) is 11.3. The Labute approximate surface area is 134 Å². The first kappa shape index (κ1) is 18.2. The quantitative estimate of drug-likeness (QED) is 0.472. The van der Waals surface area contributed by atoms with Crippen molar-refractivity contribution in [3.63, 3.8) is 0 Å². The van der Waals surface area contributed by atoms with Crippen molar-refractivity contribution < 1.29 is 0 Å². The summed E-state index contributed by atoms with van der Waals surface area (Å²) in [5.41, 5.74) is 9.80. The van der Waals surface area contributed by atoms with Crippen molar-refractivity contribution in [2.24, 2.45) is 16.6 Å². The van der Waals surface area contributed by atoms with E-state index in [2.05, 4.69) is 56.2 Å². The third-order valence-corrected chi connectivity index (χ3v) is 2.83. The van der Waals surface area contributed by atoms with E-state index in [1.54, 1.807) is 0 Å². The van der Waals surface area contributed by atoms with Crippen molar-refractivity contribution in [2.75, 3.05) is 13.1 Å². The zero-order valence-corrected chi connectivity index (χ0v) is 14.7. The monoisotopic (exact) mass is 375 g/mol. The van der Waals surface area contributed by atoms with Crippen LogP contribution >= 0.6 is 24.0 Å². The summed E-state index contributed by atoms with van der Waals surface area (Å²) in [6, 6.07) is 6.55. The minimum atomic E-state index is 0. The molecular weight excluding hydrogens is 349 g/mol. The van der Waals surface area contributed by atoms with Crippen LogP contribution in [0.25, 0.3) is 0 Å². The van der Waals surface area contributed by atoms with E-state index in [9.17, 15) is 0 Å². The van der Waals surface area contributed by atoms with Crippen LogP contribution < -0.4 is 11.1 Å². The molecule has 0 unspecified atom stereocenters. The molecular formula is C15H26IN3. The molecule has 0 radical (unpaired) electrons.